The van der Waals surface area contributed by atoms with E-state index in [0.29, 0.717) is 6.07 Å². The first-order valence-corrected chi connectivity index (χ1v) is 8.96. The van der Waals surface area contributed by atoms with Gasteiger partial charge < -0.3 is 25.2 Å². The highest BCUT2D eigenvalue weighted by Gasteiger charge is 2.93. The highest BCUT2D eigenvalue weighted by Crippen LogP contribution is 2.63. The van der Waals surface area contributed by atoms with Crippen LogP contribution in [0.5, 0.6) is 5.75 Å². The van der Waals surface area contributed by atoms with Gasteiger partial charge in [-0.2, -0.15) is 74.6 Å². The molecule has 0 aromatic heterocycles. The van der Waals surface area contributed by atoms with Gasteiger partial charge in [0.05, 0.1) is 0 Å². The van der Waals surface area contributed by atoms with Crippen LogP contribution >= 0.6 is 0 Å². The van der Waals surface area contributed by atoms with Crippen LogP contribution in [0.15, 0.2) is 30.0 Å². The van der Waals surface area contributed by atoms with Crippen molar-refractivity contribution in [2.75, 3.05) is 0 Å². The van der Waals surface area contributed by atoms with Gasteiger partial charge in [0.15, 0.2) is 12.6 Å². The summed E-state index contributed by atoms with van der Waals surface area (Å²) in [6.07, 6.45) is -13.1. The molecular formula is C17H9F17O5. The van der Waals surface area contributed by atoms with Crippen LogP contribution in [0.2, 0.25) is 0 Å². The average molecular weight is 616 g/mol. The van der Waals surface area contributed by atoms with Crippen LogP contribution in [-0.2, 0) is 0 Å². The van der Waals surface area contributed by atoms with Crippen molar-refractivity contribution in [1.82, 2.24) is 0 Å². The van der Waals surface area contributed by atoms with Gasteiger partial charge in [0.2, 0.25) is 5.83 Å². The van der Waals surface area contributed by atoms with E-state index in [-0.39, 0.29) is 12.1 Å². The summed E-state index contributed by atoms with van der Waals surface area (Å²) in [4.78, 5) is 0. The Morgan fingerprint density at radius 3 is 1.21 bits per heavy atom. The van der Waals surface area contributed by atoms with E-state index < -0.39 is 83.0 Å². The van der Waals surface area contributed by atoms with Crippen molar-refractivity contribution in [3.05, 3.63) is 41.2 Å². The highest BCUT2D eigenvalue weighted by atomic mass is 19.4. The predicted octanol–water partition coefficient (Wildman–Crippen LogP) is 5.51. The van der Waals surface area contributed by atoms with Crippen LogP contribution in [0.1, 0.15) is 23.7 Å². The van der Waals surface area contributed by atoms with Gasteiger partial charge in [0.25, 0.3) is 0 Å². The Hall–Kier alpha value is -2.59. The molecule has 39 heavy (non-hydrogen) atoms. The molecule has 5 nitrogen and oxygen atoms in total. The lowest BCUT2D eigenvalue weighted by molar-refractivity contribution is -0.451. The molecule has 226 valence electrons. The van der Waals surface area contributed by atoms with Gasteiger partial charge in [0, 0.05) is 11.1 Å². The van der Waals surface area contributed by atoms with Crippen LogP contribution < -0.4 is 4.74 Å². The third kappa shape index (κ3) is 5.42. The fraction of sp³-hybridized carbons (Fsp3) is 0.529. The molecule has 0 amide bonds. The molecule has 0 fully saturated rings. The van der Waals surface area contributed by atoms with E-state index in [1.807, 2.05) is 0 Å². The molecule has 0 atom stereocenters. The van der Waals surface area contributed by atoms with Gasteiger partial charge in [-0.3, -0.25) is 0 Å². The molecular weight excluding hydrogens is 607 g/mol. The van der Waals surface area contributed by atoms with E-state index in [9.17, 15) is 74.6 Å². The second-order valence-electron chi connectivity index (χ2n) is 7.22. The Balaban J connectivity index is 3.66. The number of aliphatic hydroxyl groups excluding tert-OH is 2. The van der Waals surface area contributed by atoms with Gasteiger partial charge in [-0.05, 0) is 18.2 Å². The standard InChI is InChI=1S/C17H9F17O5/c18-7(8(19)39-6-2-4(9(35)36)1-5(3-6)10(37)38)11(20,21)12(22,23)13(24,25)14(26,27)15(28,29)16(30,31)17(32,33)34/h1-3,9-10,35-38H. The first-order valence-electron chi connectivity index (χ1n) is 8.96. The number of hydrogen-bond donors (Lipinski definition) is 4. The minimum atomic E-state index is -8.73. The normalized spacial score (nSPS) is 15.7. The van der Waals surface area contributed by atoms with Gasteiger partial charge in [-0.1, -0.05) is 0 Å². The maximum absolute atomic E-state index is 13.8. The van der Waals surface area contributed by atoms with Gasteiger partial charge in [0.1, 0.15) is 5.75 Å². The van der Waals surface area contributed by atoms with Gasteiger partial charge in [-0.15, -0.1) is 0 Å². The molecule has 1 rings (SSSR count). The zero-order chi connectivity index (χ0) is 31.4. The third-order valence-corrected chi connectivity index (χ3v) is 4.53. The van der Waals surface area contributed by atoms with Crippen molar-refractivity contribution in [3.63, 3.8) is 0 Å². The molecule has 0 aliphatic rings. The summed E-state index contributed by atoms with van der Waals surface area (Å²) in [7, 11) is 0. The summed E-state index contributed by atoms with van der Waals surface area (Å²) in [5.74, 6) is -56.6. The zero-order valence-electron chi connectivity index (χ0n) is 17.5. The molecule has 0 aliphatic carbocycles. The van der Waals surface area contributed by atoms with Crippen LogP contribution in [0.4, 0.5) is 74.6 Å². The molecule has 1 aromatic rings. The summed E-state index contributed by atoms with van der Waals surface area (Å²) in [5.41, 5.74) is -1.92. The van der Waals surface area contributed by atoms with Crippen molar-refractivity contribution in [3.8, 4) is 5.75 Å². The molecule has 0 saturated heterocycles. The van der Waals surface area contributed by atoms with E-state index in [2.05, 4.69) is 4.74 Å². The largest absolute Gasteiger partial charge is 0.460 e. The van der Waals surface area contributed by atoms with Crippen LogP contribution in [0.25, 0.3) is 0 Å². The number of ether oxygens (including phenoxy) is 1. The minimum Gasteiger partial charge on any atom is -0.430 e. The van der Waals surface area contributed by atoms with Crippen LogP contribution in [0, 0.1) is 0 Å². The zero-order valence-corrected chi connectivity index (χ0v) is 17.5. The summed E-state index contributed by atoms with van der Waals surface area (Å²) >= 11 is 0. The fourth-order valence-electron chi connectivity index (χ4n) is 2.38. The lowest BCUT2D eigenvalue weighted by Crippen LogP contribution is -2.72. The van der Waals surface area contributed by atoms with E-state index in [0.717, 1.165) is 0 Å². The third-order valence-electron chi connectivity index (χ3n) is 4.53. The Morgan fingerprint density at radius 1 is 0.538 bits per heavy atom. The first-order chi connectivity index (χ1) is 17.0. The average Bonchev–Trinajstić information content (AvgIpc) is 2.76. The summed E-state index contributed by atoms with van der Waals surface area (Å²) in [6, 6.07) is -3.11. The molecule has 22 heteroatoms. The molecule has 1 aromatic carbocycles. The van der Waals surface area contributed by atoms with Crippen molar-refractivity contribution in [1.29, 1.82) is 0 Å². The molecule has 0 unspecified atom stereocenters. The highest BCUT2D eigenvalue weighted by molar-refractivity contribution is 5.36. The summed E-state index contributed by atoms with van der Waals surface area (Å²) in [5, 5.41) is 35.9. The fourth-order valence-corrected chi connectivity index (χ4v) is 2.38. The molecule has 0 bridgehead atoms. The quantitative estimate of drug-likeness (QED) is 0.158. The number of hydrogen-bond acceptors (Lipinski definition) is 5. The van der Waals surface area contributed by atoms with Crippen LogP contribution in [0.3, 0.4) is 0 Å². The number of benzene rings is 1. The minimum absolute atomic E-state index is 0.113. The van der Waals surface area contributed by atoms with Crippen molar-refractivity contribution in [2.45, 2.75) is 54.3 Å². The number of allylic oxidation sites excluding steroid dienone is 1. The molecule has 0 heterocycles. The van der Waals surface area contributed by atoms with Crippen molar-refractivity contribution in [2.24, 2.45) is 0 Å². The Bertz CT molecular complexity index is 1050. The molecule has 0 saturated carbocycles. The second-order valence-corrected chi connectivity index (χ2v) is 7.22. The van der Waals surface area contributed by atoms with E-state index in [1.165, 1.54) is 0 Å². The van der Waals surface area contributed by atoms with Crippen molar-refractivity contribution >= 4 is 0 Å². The van der Waals surface area contributed by atoms with Gasteiger partial charge in [-0.25, -0.2) is 0 Å². The molecule has 4 N–H and O–H groups in total. The second kappa shape index (κ2) is 10.1. The number of aliphatic hydroxyl groups is 4. The number of rotatable bonds is 10. The topological polar surface area (TPSA) is 90.2 Å². The van der Waals surface area contributed by atoms with E-state index >= 15 is 0 Å². The maximum Gasteiger partial charge on any atom is 0.460 e. The summed E-state index contributed by atoms with van der Waals surface area (Å²) in [6.45, 7) is 0. The SMILES string of the molecule is OC(O)c1cc(OC(F)=C(F)C(F)(F)C(F)(F)C(F)(F)C(F)(F)C(F)(F)C(F)(F)C(F)(F)F)cc(C(O)O)c1. The lowest BCUT2D eigenvalue weighted by atomic mass is 9.91. The Labute approximate surface area is 202 Å². The van der Waals surface area contributed by atoms with E-state index in [1.54, 1.807) is 0 Å². The predicted molar refractivity (Wildman–Crippen MR) is 86.4 cm³/mol. The van der Waals surface area contributed by atoms with Crippen LogP contribution in [-0.4, -0.2) is 62.1 Å². The van der Waals surface area contributed by atoms with Crippen molar-refractivity contribution < 1.29 is 99.8 Å². The van der Waals surface area contributed by atoms with E-state index in [4.69, 9.17) is 20.4 Å². The number of halogens is 17. The lowest BCUT2D eigenvalue weighted by Gasteiger charge is -2.41. The van der Waals surface area contributed by atoms with Gasteiger partial charge >= 0.3 is 47.7 Å². The smallest absolute Gasteiger partial charge is 0.430 e. The summed E-state index contributed by atoms with van der Waals surface area (Å²) < 4.78 is 228. The maximum atomic E-state index is 13.8. The molecule has 0 radical (unpaired) electrons. The molecule has 0 spiro atoms. The Kier molecular flexibility index (Phi) is 8.92. The first kappa shape index (κ1) is 34.4. The molecule has 0 aliphatic heterocycles. The monoisotopic (exact) mass is 616 g/mol. The Morgan fingerprint density at radius 2 is 0.872 bits per heavy atom. The number of alkyl halides is 15.